The lowest BCUT2D eigenvalue weighted by molar-refractivity contribution is -0.132. The van der Waals surface area contributed by atoms with Crippen molar-refractivity contribution < 1.29 is 19.1 Å². The molecule has 1 aromatic carbocycles. The summed E-state index contributed by atoms with van der Waals surface area (Å²) >= 11 is 0. The SMILES string of the molecule is CCOCC(=O)NNC(=O)COc1cc(C)cc(C)c1. The average molecular weight is 280 g/mol. The third kappa shape index (κ3) is 6.19. The van der Waals surface area contributed by atoms with Gasteiger partial charge in [-0.3, -0.25) is 20.4 Å². The van der Waals surface area contributed by atoms with Gasteiger partial charge in [0.25, 0.3) is 11.8 Å². The Morgan fingerprint density at radius 2 is 1.55 bits per heavy atom. The van der Waals surface area contributed by atoms with Crippen molar-refractivity contribution in [2.24, 2.45) is 0 Å². The fourth-order valence-corrected chi connectivity index (χ4v) is 1.57. The van der Waals surface area contributed by atoms with Crippen LogP contribution in [0.15, 0.2) is 18.2 Å². The average Bonchev–Trinajstić information content (AvgIpc) is 2.39. The molecule has 0 unspecified atom stereocenters. The second kappa shape index (κ2) is 8.16. The highest BCUT2D eigenvalue weighted by molar-refractivity contribution is 5.83. The van der Waals surface area contributed by atoms with E-state index >= 15 is 0 Å². The second-order valence-corrected chi connectivity index (χ2v) is 4.35. The van der Waals surface area contributed by atoms with Crippen LogP contribution in [0.1, 0.15) is 18.1 Å². The molecule has 0 fully saturated rings. The van der Waals surface area contributed by atoms with Gasteiger partial charge in [0.1, 0.15) is 12.4 Å². The van der Waals surface area contributed by atoms with E-state index in [1.165, 1.54) is 0 Å². The first-order chi connectivity index (χ1) is 9.51. The number of amides is 2. The van der Waals surface area contributed by atoms with Crippen LogP contribution >= 0.6 is 0 Å². The summed E-state index contributed by atoms with van der Waals surface area (Å²) in [5.41, 5.74) is 6.60. The fourth-order valence-electron chi connectivity index (χ4n) is 1.57. The van der Waals surface area contributed by atoms with Gasteiger partial charge in [-0.05, 0) is 44.0 Å². The maximum Gasteiger partial charge on any atom is 0.276 e. The predicted molar refractivity (Wildman–Crippen MR) is 74.2 cm³/mol. The number of benzene rings is 1. The van der Waals surface area contributed by atoms with Crippen LogP contribution in [0.4, 0.5) is 0 Å². The summed E-state index contributed by atoms with van der Waals surface area (Å²) in [5, 5.41) is 0. The van der Waals surface area contributed by atoms with Crippen molar-refractivity contribution in [3.63, 3.8) is 0 Å². The zero-order valence-electron chi connectivity index (χ0n) is 12.0. The highest BCUT2D eigenvalue weighted by atomic mass is 16.5. The quantitative estimate of drug-likeness (QED) is 0.758. The van der Waals surface area contributed by atoms with Gasteiger partial charge in [0.05, 0.1) is 0 Å². The third-order valence-corrected chi connectivity index (χ3v) is 2.34. The molecular weight excluding hydrogens is 260 g/mol. The largest absolute Gasteiger partial charge is 0.484 e. The van der Waals surface area contributed by atoms with Crippen molar-refractivity contribution in [3.05, 3.63) is 29.3 Å². The maximum absolute atomic E-state index is 11.5. The number of hydrogen-bond donors (Lipinski definition) is 2. The van der Waals surface area contributed by atoms with Gasteiger partial charge in [-0.2, -0.15) is 0 Å². The van der Waals surface area contributed by atoms with E-state index in [9.17, 15) is 9.59 Å². The van der Waals surface area contributed by atoms with E-state index in [2.05, 4.69) is 10.9 Å². The molecule has 0 aliphatic carbocycles. The van der Waals surface area contributed by atoms with Crippen molar-refractivity contribution in [2.45, 2.75) is 20.8 Å². The molecule has 1 aromatic rings. The molecule has 0 aliphatic heterocycles. The molecule has 6 nitrogen and oxygen atoms in total. The van der Waals surface area contributed by atoms with E-state index < -0.39 is 11.8 Å². The van der Waals surface area contributed by atoms with E-state index in [1.807, 2.05) is 32.0 Å². The summed E-state index contributed by atoms with van der Waals surface area (Å²) in [4.78, 5) is 22.7. The number of carbonyl (C=O) groups excluding carboxylic acids is 2. The Labute approximate surface area is 118 Å². The van der Waals surface area contributed by atoms with Crippen LogP contribution in [0.3, 0.4) is 0 Å². The molecule has 0 aliphatic rings. The van der Waals surface area contributed by atoms with Crippen LogP contribution in [0, 0.1) is 13.8 Å². The summed E-state index contributed by atoms with van der Waals surface area (Å²) in [6, 6.07) is 5.70. The van der Waals surface area contributed by atoms with Crippen molar-refractivity contribution in [2.75, 3.05) is 19.8 Å². The number of rotatable bonds is 6. The first-order valence-corrected chi connectivity index (χ1v) is 6.37. The van der Waals surface area contributed by atoms with Crippen LogP contribution in [-0.2, 0) is 14.3 Å². The van der Waals surface area contributed by atoms with Crippen molar-refractivity contribution in [3.8, 4) is 5.75 Å². The van der Waals surface area contributed by atoms with Crippen LogP contribution < -0.4 is 15.6 Å². The number of ether oxygens (including phenoxy) is 2. The summed E-state index contributed by atoms with van der Waals surface area (Å²) in [5.74, 6) is -0.223. The predicted octanol–water partition coefficient (Wildman–Crippen LogP) is 0.866. The molecule has 0 spiro atoms. The Morgan fingerprint density at radius 1 is 1.00 bits per heavy atom. The highest BCUT2D eigenvalue weighted by Crippen LogP contribution is 2.15. The Kier molecular flexibility index (Phi) is 6.52. The molecule has 2 N–H and O–H groups in total. The van der Waals surface area contributed by atoms with E-state index in [-0.39, 0.29) is 13.2 Å². The molecule has 2 amide bonds. The molecule has 1 rings (SSSR count). The van der Waals surface area contributed by atoms with Crippen LogP contribution in [-0.4, -0.2) is 31.6 Å². The molecule has 0 saturated heterocycles. The summed E-state index contributed by atoms with van der Waals surface area (Å²) < 4.78 is 10.2. The number of aryl methyl sites for hydroxylation is 2. The summed E-state index contributed by atoms with van der Waals surface area (Å²) in [6.45, 7) is 5.87. The van der Waals surface area contributed by atoms with Gasteiger partial charge >= 0.3 is 0 Å². The molecule has 0 bridgehead atoms. The normalized spacial score (nSPS) is 9.95. The summed E-state index contributed by atoms with van der Waals surface area (Å²) in [6.07, 6.45) is 0. The molecule has 110 valence electrons. The van der Waals surface area contributed by atoms with Crippen LogP contribution in [0.5, 0.6) is 5.75 Å². The van der Waals surface area contributed by atoms with Crippen molar-refractivity contribution in [1.29, 1.82) is 0 Å². The Hall–Kier alpha value is -2.08. The molecular formula is C14H20N2O4. The topological polar surface area (TPSA) is 76.7 Å². The minimum absolute atomic E-state index is 0.0886. The lowest BCUT2D eigenvalue weighted by Gasteiger charge is -2.09. The van der Waals surface area contributed by atoms with E-state index in [0.717, 1.165) is 11.1 Å². The smallest absolute Gasteiger partial charge is 0.276 e. The number of nitrogens with one attached hydrogen (secondary N) is 2. The van der Waals surface area contributed by atoms with Crippen molar-refractivity contribution in [1.82, 2.24) is 10.9 Å². The van der Waals surface area contributed by atoms with Crippen LogP contribution in [0.25, 0.3) is 0 Å². The minimum Gasteiger partial charge on any atom is -0.484 e. The third-order valence-electron chi connectivity index (χ3n) is 2.34. The zero-order chi connectivity index (χ0) is 15.0. The van der Waals surface area contributed by atoms with Crippen LogP contribution in [0.2, 0.25) is 0 Å². The van der Waals surface area contributed by atoms with Gasteiger partial charge in [0.15, 0.2) is 6.61 Å². The lowest BCUT2D eigenvalue weighted by atomic mass is 10.1. The first-order valence-electron chi connectivity index (χ1n) is 6.37. The molecule has 0 heterocycles. The number of hydrazine groups is 1. The summed E-state index contributed by atoms with van der Waals surface area (Å²) in [7, 11) is 0. The van der Waals surface area contributed by atoms with Gasteiger partial charge < -0.3 is 9.47 Å². The number of hydrogen-bond acceptors (Lipinski definition) is 4. The Morgan fingerprint density at radius 3 is 2.10 bits per heavy atom. The molecule has 0 atom stereocenters. The molecule has 20 heavy (non-hydrogen) atoms. The number of carbonyl (C=O) groups is 2. The Balaban J connectivity index is 2.31. The molecule has 0 saturated carbocycles. The van der Waals surface area contributed by atoms with E-state index in [0.29, 0.717) is 12.4 Å². The van der Waals surface area contributed by atoms with E-state index in [1.54, 1.807) is 6.92 Å². The molecule has 0 radical (unpaired) electrons. The standard InChI is InChI=1S/C14H20N2O4/c1-4-19-8-13(17)15-16-14(18)9-20-12-6-10(2)5-11(3)7-12/h5-7H,4,8-9H2,1-3H3,(H,15,17)(H,16,18). The first kappa shape index (κ1) is 16.0. The zero-order valence-corrected chi connectivity index (χ0v) is 12.0. The van der Waals surface area contributed by atoms with Gasteiger partial charge in [0.2, 0.25) is 0 Å². The minimum atomic E-state index is -0.436. The van der Waals surface area contributed by atoms with Gasteiger partial charge in [-0.1, -0.05) is 6.07 Å². The van der Waals surface area contributed by atoms with Gasteiger partial charge in [-0.25, -0.2) is 0 Å². The van der Waals surface area contributed by atoms with E-state index in [4.69, 9.17) is 9.47 Å². The van der Waals surface area contributed by atoms with Gasteiger partial charge in [-0.15, -0.1) is 0 Å². The Bertz CT molecular complexity index is 454. The second-order valence-electron chi connectivity index (χ2n) is 4.35. The highest BCUT2D eigenvalue weighted by Gasteiger charge is 2.06. The molecule has 0 aromatic heterocycles. The van der Waals surface area contributed by atoms with Crippen molar-refractivity contribution >= 4 is 11.8 Å². The maximum atomic E-state index is 11.5. The monoisotopic (exact) mass is 280 g/mol. The van der Waals surface area contributed by atoms with Gasteiger partial charge in [0, 0.05) is 6.61 Å². The fraction of sp³-hybridized carbons (Fsp3) is 0.429. The molecule has 6 heteroatoms. The lowest BCUT2D eigenvalue weighted by Crippen LogP contribution is -2.45.